The molecule has 0 spiro atoms. The highest BCUT2D eigenvalue weighted by Gasteiger charge is 2.43. The van der Waals surface area contributed by atoms with Crippen LogP contribution >= 0.6 is 0 Å². The van der Waals surface area contributed by atoms with Crippen molar-refractivity contribution in [3.05, 3.63) is 88.2 Å². The van der Waals surface area contributed by atoms with Gasteiger partial charge in [0.1, 0.15) is 5.82 Å². The van der Waals surface area contributed by atoms with Crippen molar-refractivity contribution in [3.63, 3.8) is 0 Å². The highest BCUT2D eigenvalue weighted by atomic mass is 19.4. The Labute approximate surface area is 213 Å². The summed E-state index contributed by atoms with van der Waals surface area (Å²) in [6.07, 6.45) is -27.8. The summed E-state index contributed by atoms with van der Waals surface area (Å²) in [7, 11) is 0. The zero-order valence-corrected chi connectivity index (χ0v) is 18.8. The van der Waals surface area contributed by atoms with E-state index >= 15 is 4.39 Å². The molecule has 0 aliphatic rings. The minimum atomic E-state index is -5.57. The monoisotopic (exact) mass is 600 g/mol. The van der Waals surface area contributed by atoms with Crippen LogP contribution < -0.4 is 16.4 Å². The number of halogens is 16. The molecule has 0 fully saturated rings. The third kappa shape index (κ3) is 6.66. The molecule has 0 saturated heterocycles. The predicted molar refractivity (Wildman–Crippen MR) is 109 cm³/mol. The van der Waals surface area contributed by atoms with Gasteiger partial charge < -0.3 is 0 Å². The van der Waals surface area contributed by atoms with Crippen LogP contribution in [0.1, 0.15) is 27.8 Å². The van der Waals surface area contributed by atoms with E-state index in [1.54, 1.807) is 0 Å². The zero-order chi connectivity index (χ0) is 30.6. The maximum atomic E-state index is 15.1. The molecular weight excluding hydrogens is 591 g/mol. The molecule has 0 N–H and O–H groups in total. The van der Waals surface area contributed by atoms with E-state index in [2.05, 4.69) is 0 Å². The van der Waals surface area contributed by atoms with Crippen LogP contribution in [-0.4, -0.2) is 6.71 Å². The van der Waals surface area contributed by atoms with Gasteiger partial charge in [0, 0.05) is 0 Å². The van der Waals surface area contributed by atoms with Crippen LogP contribution in [-0.2, 0) is 30.9 Å². The minimum Gasteiger partial charge on any atom is -0.207 e. The average molecular weight is 600 g/mol. The molecule has 0 unspecified atom stereocenters. The van der Waals surface area contributed by atoms with Gasteiger partial charge in [-0.25, -0.2) is 4.39 Å². The van der Waals surface area contributed by atoms with Gasteiger partial charge in [0.25, 0.3) is 0 Å². The minimum absolute atomic E-state index is 0.108. The van der Waals surface area contributed by atoms with Crippen molar-refractivity contribution in [1.82, 2.24) is 0 Å². The number of hydrogen-bond acceptors (Lipinski definition) is 0. The summed E-state index contributed by atoms with van der Waals surface area (Å²) in [6, 6.07) is -0.468. The smallest absolute Gasteiger partial charge is 0.207 e. The van der Waals surface area contributed by atoms with Gasteiger partial charge in [0.2, 0.25) is 6.71 Å². The highest BCUT2D eigenvalue weighted by Crippen LogP contribution is 2.37. The van der Waals surface area contributed by atoms with Crippen molar-refractivity contribution in [1.29, 1.82) is 0 Å². The molecule has 0 aliphatic heterocycles. The largest absolute Gasteiger partial charge is 0.419 e. The molecule has 0 radical (unpaired) electrons. The van der Waals surface area contributed by atoms with Crippen LogP contribution in [0.25, 0.3) is 0 Å². The lowest BCUT2D eigenvalue weighted by molar-refractivity contribution is -0.144. The molecule has 216 valence electrons. The summed E-state index contributed by atoms with van der Waals surface area (Å²) in [4.78, 5) is 0. The summed E-state index contributed by atoms with van der Waals surface area (Å²) >= 11 is 0. The first kappa shape index (κ1) is 31.1. The van der Waals surface area contributed by atoms with E-state index in [9.17, 15) is 65.9 Å². The molecule has 40 heavy (non-hydrogen) atoms. The molecule has 3 aromatic rings. The zero-order valence-electron chi connectivity index (χ0n) is 18.8. The van der Waals surface area contributed by atoms with E-state index in [1.165, 1.54) is 0 Å². The van der Waals surface area contributed by atoms with Gasteiger partial charge in [0.05, 0.1) is 27.8 Å². The summed E-state index contributed by atoms with van der Waals surface area (Å²) in [5, 5.41) is 0. The molecule has 17 heteroatoms. The Morgan fingerprint density at radius 3 is 1.02 bits per heavy atom. The standard InChI is InChI=1S/C23H9BF16/c25-18-16(23(38,39)40)2-1-3-17(18)24(14-6-10(19(26,27)28)4-11(7-14)20(29,30)31)15-8-12(21(32,33)34)5-13(9-15)22(35,36)37/h1-9H. The van der Waals surface area contributed by atoms with Crippen LogP contribution in [0.4, 0.5) is 70.2 Å². The van der Waals surface area contributed by atoms with Crippen molar-refractivity contribution >= 4 is 23.1 Å². The number of benzene rings is 3. The molecule has 0 atom stereocenters. The second-order valence-corrected chi connectivity index (χ2v) is 8.32. The van der Waals surface area contributed by atoms with Gasteiger partial charge in [-0.1, -0.05) is 47.3 Å². The Balaban J connectivity index is 2.54. The topological polar surface area (TPSA) is 0 Å². The Morgan fingerprint density at radius 1 is 0.425 bits per heavy atom. The van der Waals surface area contributed by atoms with Crippen molar-refractivity contribution in [2.75, 3.05) is 0 Å². The number of rotatable bonds is 3. The van der Waals surface area contributed by atoms with Gasteiger partial charge in [-0.3, -0.25) is 0 Å². The van der Waals surface area contributed by atoms with E-state index in [-0.39, 0.29) is 30.3 Å². The summed E-state index contributed by atoms with van der Waals surface area (Å²) in [6.45, 7) is -2.73. The lowest BCUT2D eigenvalue weighted by Gasteiger charge is -2.23. The molecule has 3 rings (SSSR count). The second-order valence-electron chi connectivity index (χ2n) is 8.32. The Morgan fingerprint density at radius 2 is 0.750 bits per heavy atom. The fourth-order valence-electron chi connectivity index (χ4n) is 3.83. The van der Waals surface area contributed by atoms with E-state index in [1.807, 2.05) is 0 Å². The van der Waals surface area contributed by atoms with Crippen molar-refractivity contribution in [2.45, 2.75) is 30.9 Å². The Kier molecular flexibility index (Phi) is 7.71. The van der Waals surface area contributed by atoms with Crippen LogP contribution in [0.15, 0.2) is 54.6 Å². The Bertz CT molecular complexity index is 1250. The predicted octanol–water partition coefficient (Wildman–Crippen LogP) is 7.44. The normalized spacial score (nSPS) is 13.5. The first-order valence-electron chi connectivity index (χ1n) is 10.3. The first-order valence-corrected chi connectivity index (χ1v) is 10.3. The summed E-state index contributed by atoms with van der Waals surface area (Å²) in [5.41, 5.74) is -14.7. The average Bonchev–Trinajstić information content (AvgIpc) is 2.77. The van der Waals surface area contributed by atoms with Crippen molar-refractivity contribution < 1.29 is 70.2 Å². The lowest BCUT2D eigenvalue weighted by atomic mass is 9.36. The van der Waals surface area contributed by atoms with Crippen molar-refractivity contribution in [3.8, 4) is 0 Å². The molecular formula is C23H9BF16. The van der Waals surface area contributed by atoms with Gasteiger partial charge in [-0.2, -0.15) is 65.9 Å². The number of hydrogen-bond donors (Lipinski definition) is 0. The SMILES string of the molecule is Fc1c(B(c2cc(C(F)(F)F)cc(C(F)(F)F)c2)c2cc(C(F)(F)F)cc(C(F)(F)F)c2)cccc1C(F)(F)F. The van der Waals surface area contributed by atoms with Crippen LogP contribution in [0, 0.1) is 5.82 Å². The van der Waals surface area contributed by atoms with E-state index in [0.717, 1.165) is 0 Å². The van der Waals surface area contributed by atoms with E-state index in [0.29, 0.717) is 12.1 Å². The maximum Gasteiger partial charge on any atom is 0.419 e. The molecule has 3 aromatic carbocycles. The van der Waals surface area contributed by atoms with E-state index < -0.39 is 99.7 Å². The molecule has 0 aromatic heterocycles. The lowest BCUT2D eigenvalue weighted by Crippen LogP contribution is -2.54. The fourth-order valence-corrected chi connectivity index (χ4v) is 3.83. The maximum absolute atomic E-state index is 15.1. The number of alkyl halides is 15. The van der Waals surface area contributed by atoms with Crippen LogP contribution in [0.3, 0.4) is 0 Å². The summed E-state index contributed by atoms with van der Waals surface area (Å²) in [5.74, 6) is -2.34. The van der Waals surface area contributed by atoms with Crippen LogP contribution in [0.5, 0.6) is 0 Å². The van der Waals surface area contributed by atoms with E-state index in [4.69, 9.17) is 0 Å². The first-order chi connectivity index (χ1) is 17.9. The molecule has 0 aliphatic carbocycles. The van der Waals surface area contributed by atoms with Crippen molar-refractivity contribution in [2.24, 2.45) is 0 Å². The second kappa shape index (κ2) is 9.91. The quantitative estimate of drug-likeness (QED) is 0.217. The molecule has 0 bridgehead atoms. The van der Waals surface area contributed by atoms with Gasteiger partial charge in [-0.05, 0) is 23.7 Å². The third-order valence-corrected chi connectivity index (χ3v) is 5.53. The van der Waals surface area contributed by atoms with Gasteiger partial charge in [0.15, 0.2) is 0 Å². The molecule has 0 nitrogen and oxygen atoms in total. The van der Waals surface area contributed by atoms with Gasteiger partial charge in [-0.15, -0.1) is 0 Å². The molecule has 0 heterocycles. The highest BCUT2D eigenvalue weighted by molar-refractivity contribution is 6.95. The summed E-state index contributed by atoms with van der Waals surface area (Å²) < 4.78 is 217. The van der Waals surface area contributed by atoms with Gasteiger partial charge >= 0.3 is 30.9 Å². The molecule has 0 saturated carbocycles. The van der Waals surface area contributed by atoms with Crippen LogP contribution in [0.2, 0.25) is 0 Å². The molecule has 0 amide bonds. The fraction of sp³-hybridized carbons (Fsp3) is 0.217. The third-order valence-electron chi connectivity index (χ3n) is 5.53. The Hall–Kier alpha value is -3.40.